The van der Waals surface area contributed by atoms with E-state index in [0.29, 0.717) is 22.6 Å². The average molecular weight is 335 g/mol. The first kappa shape index (κ1) is 16.5. The molecule has 2 N–H and O–H groups in total. The number of hydrogen-bond donors (Lipinski definition) is 2. The first-order valence-electron chi connectivity index (χ1n) is 7.91. The van der Waals surface area contributed by atoms with Crippen LogP contribution in [0, 0.1) is 0 Å². The van der Waals surface area contributed by atoms with Crippen molar-refractivity contribution in [1.29, 1.82) is 0 Å². The van der Waals surface area contributed by atoms with Crippen LogP contribution in [0.2, 0.25) is 0 Å². The van der Waals surface area contributed by atoms with Gasteiger partial charge < -0.3 is 14.8 Å². The Morgan fingerprint density at radius 3 is 2.36 bits per heavy atom. The molecular weight excluding hydrogens is 318 g/mol. The number of hydrogen-bond acceptors (Lipinski definition) is 3. The van der Waals surface area contributed by atoms with E-state index in [1.807, 2.05) is 12.1 Å². The number of nitrogens with one attached hydrogen (secondary N) is 1. The molecule has 0 aliphatic rings. The van der Waals surface area contributed by atoms with Crippen molar-refractivity contribution in [2.24, 2.45) is 0 Å². The third-order valence-corrected chi connectivity index (χ3v) is 3.88. The molecule has 0 bridgehead atoms. The third-order valence-electron chi connectivity index (χ3n) is 3.88. The number of amides is 1. The van der Waals surface area contributed by atoms with Crippen molar-refractivity contribution in [1.82, 2.24) is 0 Å². The highest BCUT2D eigenvalue weighted by molar-refractivity contribution is 6.06. The molecule has 0 aliphatic heterocycles. The molecule has 3 aromatic rings. The number of anilines is 1. The fraction of sp³-hybridized carbons (Fsp3) is 0.100. The summed E-state index contributed by atoms with van der Waals surface area (Å²) >= 11 is 0. The van der Waals surface area contributed by atoms with Gasteiger partial charge in [0.25, 0.3) is 5.91 Å². The van der Waals surface area contributed by atoms with E-state index in [2.05, 4.69) is 12.2 Å². The molecule has 0 saturated heterocycles. The Morgan fingerprint density at radius 1 is 1.00 bits per heavy atom. The Balaban J connectivity index is 1.87. The summed E-state index contributed by atoms with van der Waals surface area (Å²) in [6.07, 6.45) is 0.912. The predicted octanol–water partition coefficient (Wildman–Crippen LogP) is 4.46. The number of carboxylic acid groups (broad SMARTS) is 1. The Hall–Kier alpha value is -3.34. The lowest BCUT2D eigenvalue weighted by atomic mass is 10.1. The number of carbonyl (C=O) groups excluding carboxylic acids is 1. The first-order valence-corrected chi connectivity index (χ1v) is 7.91. The standard InChI is InChI=1S/C20H17NO4/c1-2-13-7-9-14(10-8-13)19(22)21-16-6-4-3-5-15(16)17-11-12-18(25-17)20(23)24/h3-12H,2H2,1H3,(H,21,22)(H,23,24). The monoisotopic (exact) mass is 335 g/mol. The fourth-order valence-corrected chi connectivity index (χ4v) is 2.49. The van der Waals surface area contributed by atoms with Gasteiger partial charge in [-0.05, 0) is 48.4 Å². The van der Waals surface area contributed by atoms with Crippen LogP contribution in [0.1, 0.15) is 33.4 Å². The smallest absolute Gasteiger partial charge is 0.371 e. The average Bonchev–Trinajstić information content (AvgIpc) is 3.12. The number of aryl methyl sites for hydroxylation is 1. The number of rotatable bonds is 5. The van der Waals surface area contributed by atoms with E-state index in [1.54, 1.807) is 42.5 Å². The van der Waals surface area contributed by atoms with Crippen LogP contribution in [0.4, 0.5) is 5.69 Å². The third kappa shape index (κ3) is 3.61. The maximum Gasteiger partial charge on any atom is 0.371 e. The van der Waals surface area contributed by atoms with E-state index >= 15 is 0 Å². The number of aromatic carboxylic acids is 1. The second kappa shape index (κ2) is 7.05. The zero-order chi connectivity index (χ0) is 17.8. The van der Waals surface area contributed by atoms with Gasteiger partial charge in [-0.2, -0.15) is 0 Å². The minimum Gasteiger partial charge on any atom is -0.475 e. The van der Waals surface area contributed by atoms with Crippen molar-refractivity contribution in [2.75, 3.05) is 5.32 Å². The molecule has 0 fully saturated rings. The van der Waals surface area contributed by atoms with E-state index in [1.165, 1.54) is 6.07 Å². The molecular formula is C20H17NO4. The van der Waals surface area contributed by atoms with E-state index < -0.39 is 5.97 Å². The van der Waals surface area contributed by atoms with Crippen LogP contribution in [-0.4, -0.2) is 17.0 Å². The lowest BCUT2D eigenvalue weighted by Crippen LogP contribution is -2.12. The number of furan rings is 1. The van der Waals surface area contributed by atoms with Gasteiger partial charge in [0.2, 0.25) is 5.76 Å². The van der Waals surface area contributed by atoms with Crippen LogP contribution in [0.15, 0.2) is 65.1 Å². The summed E-state index contributed by atoms with van der Waals surface area (Å²) < 4.78 is 5.34. The van der Waals surface area contributed by atoms with Crippen LogP contribution < -0.4 is 5.32 Å². The normalized spacial score (nSPS) is 10.4. The molecule has 1 amide bonds. The molecule has 5 nitrogen and oxygen atoms in total. The van der Waals surface area contributed by atoms with Gasteiger partial charge in [0.15, 0.2) is 0 Å². The van der Waals surface area contributed by atoms with E-state index in [9.17, 15) is 9.59 Å². The first-order chi connectivity index (χ1) is 12.1. The molecule has 1 aromatic heterocycles. The Bertz CT molecular complexity index is 909. The number of para-hydroxylation sites is 1. The van der Waals surface area contributed by atoms with E-state index in [4.69, 9.17) is 9.52 Å². The topological polar surface area (TPSA) is 79.5 Å². The summed E-state index contributed by atoms with van der Waals surface area (Å²) in [6.45, 7) is 2.06. The molecule has 3 rings (SSSR count). The summed E-state index contributed by atoms with van der Waals surface area (Å²) in [5.41, 5.74) is 2.89. The zero-order valence-electron chi connectivity index (χ0n) is 13.7. The van der Waals surface area contributed by atoms with Crippen molar-refractivity contribution in [3.63, 3.8) is 0 Å². The lowest BCUT2D eigenvalue weighted by molar-refractivity contribution is 0.0663. The van der Waals surface area contributed by atoms with Crippen molar-refractivity contribution in [3.8, 4) is 11.3 Å². The molecule has 5 heteroatoms. The summed E-state index contributed by atoms with van der Waals surface area (Å²) in [7, 11) is 0. The van der Waals surface area contributed by atoms with Crippen LogP contribution in [0.5, 0.6) is 0 Å². The molecule has 0 aliphatic carbocycles. The van der Waals surface area contributed by atoms with E-state index in [-0.39, 0.29) is 11.7 Å². The van der Waals surface area contributed by atoms with Gasteiger partial charge in [0.05, 0.1) is 5.69 Å². The van der Waals surface area contributed by atoms with Crippen molar-refractivity contribution < 1.29 is 19.1 Å². The van der Waals surface area contributed by atoms with Crippen LogP contribution in [0.3, 0.4) is 0 Å². The minimum atomic E-state index is -1.14. The van der Waals surface area contributed by atoms with Gasteiger partial charge in [-0.3, -0.25) is 4.79 Å². The van der Waals surface area contributed by atoms with E-state index in [0.717, 1.165) is 12.0 Å². The highest BCUT2D eigenvalue weighted by atomic mass is 16.4. The highest BCUT2D eigenvalue weighted by Crippen LogP contribution is 2.29. The molecule has 0 atom stereocenters. The summed E-state index contributed by atoms with van der Waals surface area (Å²) in [5.74, 6) is -1.13. The maximum absolute atomic E-state index is 12.5. The molecule has 0 radical (unpaired) electrons. The van der Waals surface area contributed by atoms with Gasteiger partial charge >= 0.3 is 5.97 Å². The molecule has 0 spiro atoms. The second-order valence-corrected chi connectivity index (χ2v) is 5.52. The SMILES string of the molecule is CCc1ccc(C(=O)Nc2ccccc2-c2ccc(C(=O)O)o2)cc1. The van der Waals surface area contributed by atoms with Gasteiger partial charge in [-0.25, -0.2) is 4.79 Å². The lowest BCUT2D eigenvalue weighted by Gasteiger charge is -2.10. The van der Waals surface area contributed by atoms with Crippen LogP contribution in [-0.2, 0) is 6.42 Å². The minimum absolute atomic E-state index is 0.147. The fourth-order valence-electron chi connectivity index (χ4n) is 2.49. The molecule has 1 heterocycles. The van der Waals surface area contributed by atoms with Gasteiger partial charge in [-0.1, -0.05) is 31.2 Å². The zero-order valence-corrected chi connectivity index (χ0v) is 13.7. The molecule has 126 valence electrons. The molecule has 2 aromatic carbocycles. The molecule has 0 unspecified atom stereocenters. The molecule has 25 heavy (non-hydrogen) atoms. The maximum atomic E-state index is 12.5. The van der Waals surface area contributed by atoms with Gasteiger partial charge in [-0.15, -0.1) is 0 Å². The Kier molecular flexibility index (Phi) is 4.66. The highest BCUT2D eigenvalue weighted by Gasteiger charge is 2.15. The number of carboxylic acids is 1. The van der Waals surface area contributed by atoms with Crippen LogP contribution >= 0.6 is 0 Å². The second-order valence-electron chi connectivity index (χ2n) is 5.52. The largest absolute Gasteiger partial charge is 0.475 e. The van der Waals surface area contributed by atoms with Crippen LogP contribution in [0.25, 0.3) is 11.3 Å². The van der Waals surface area contributed by atoms with Gasteiger partial charge in [0.1, 0.15) is 5.76 Å². The number of benzene rings is 2. The Labute approximate surface area is 144 Å². The quantitative estimate of drug-likeness (QED) is 0.721. The summed E-state index contributed by atoms with van der Waals surface area (Å²) in [5, 5.41) is 11.8. The molecule has 0 saturated carbocycles. The Morgan fingerprint density at radius 2 is 1.72 bits per heavy atom. The summed E-state index contributed by atoms with van der Waals surface area (Å²) in [6, 6.07) is 17.5. The van der Waals surface area contributed by atoms with Gasteiger partial charge in [0, 0.05) is 11.1 Å². The number of carbonyl (C=O) groups is 2. The van der Waals surface area contributed by atoms with Crippen molar-refractivity contribution >= 4 is 17.6 Å². The summed E-state index contributed by atoms with van der Waals surface area (Å²) in [4.78, 5) is 23.5. The van der Waals surface area contributed by atoms with Crippen molar-refractivity contribution in [3.05, 3.63) is 77.6 Å². The van der Waals surface area contributed by atoms with Crippen molar-refractivity contribution in [2.45, 2.75) is 13.3 Å². The predicted molar refractivity (Wildman–Crippen MR) is 94.9 cm³/mol.